The Hall–Kier alpha value is -0.910. The summed E-state index contributed by atoms with van der Waals surface area (Å²) >= 11 is 1.67. The maximum Gasteiger partial charge on any atom is 0.161 e. The molecule has 4 nitrogen and oxygen atoms in total. The number of rotatable bonds is 9. The third kappa shape index (κ3) is 5.30. The van der Waals surface area contributed by atoms with Crippen molar-refractivity contribution < 1.29 is 14.6 Å². The third-order valence-electron chi connectivity index (χ3n) is 2.94. The number of benzene rings is 1. The van der Waals surface area contributed by atoms with Crippen molar-refractivity contribution in [3.05, 3.63) is 24.3 Å². The van der Waals surface area contributed by atoms with Gasteiger partial charge in [0, 0.05) is 17.8 Å². The SMILES string of the molecule is COc1ccccc1OCCNC(C)C(CO)SC. The van der Waals surface area contributed by atoms with Crippen LogP contribution in [0.5, 0.6) is 11.5 Å². The first-order chi connectivity index (χ1) is 9.22. The van der Waals surface area contributed by atoms with Crippen LogP contribution in [0.3, 0.4) is 0 Å². The van der Waals surface area contributed by atoms with E-state index in [2.05, 4.69) is 12.2 Å². The first-order valence-corrected chi connectivity index (χ1v) is 7.64. The highest BCUT2D eigenvalue weighted by molar-refractivity contribution is 7.99. The van der Waals surface area contributed by atoms with E-state index in [1.807, 2.05) is 30.5 Å². The second-order valence-electron chi connectivity index (χ2n) is 4.20. The highest BCUT2D eigenvalue weighted by Crippen LogP contribution is 2.25. The molecule has 0 radical (unpaired) electrons. The average molecular weight is 285 g/mol. The summed E-state index contributed by atoms with van der Waals surface area (Å²) in [6.07, 6.45) is 2.00. The smallest absolute Gasteiger partial charge is 0.161 e. The Labute approximate surface area is 119 Å². The Morgan fingerprint density at radius 3 is 2.58 bits per heavy atom. The van der Waals surface area contributed by atoms with Crippen molar-refractivity contribution in [2.24, 2.45) is 0 Å². The van der Waals surface area contributed by atoms with Gasteiger partial charge in [-0.2, -0.15) is 11.8 Å². The maximum absolute atomic E-state index is 9.19. The fourth-order valence-corrected chi connectivity index (χ4v) is 2.41. The number of methoxy groups -OCH3 is 1. The number of nitrogens with one attached hydrogen (secondary N) is 1. The third-order valence-corrected chi connectivity index (χ3v) is 4.10. The van der Waals surface area contributed by atoms with Gasteiger partial charge in [0.05, 0.1) is 13.7 Å². The zero-order valence-corrected chi connectivity index (χ0v) is 12.6. The number of hydrogen-bond acceptors (Lipinski definition) is 5. The van der Waals surface area contributed by atoms with Gasteiger partial charge in [-0.25, -0.2) is 0 Å². The lowest BCUT2D eigenvalue weighted by Crippen LogP contribution is -2.39. The number of hydrogen-bond donors (Lipinski definition) is 2. The molecule has 0 aliphatic carbocycles. The molecule has 0 aromatic heterocycles. The zero-order chi connectivity index (χ0) is 14.1. The monoisotopic (exact) mass is 285 g/mol. The number of aliphatic hydroxyl groups excluding tert-OH is 1. The van der Waals surface area contributed by atoms with Gasteiger partial charge in [0.2, 0.25) is 0 Å². The van der Waals surface area contributed by atoms with E-state index in [-0.39, 0.29) is 17.9 Å². The lowest BCUT2D eigenvalue weighted by Gasteiger charge is -2.21. The molecule has 108 valence electrons. The predicted molar refractivity (Wildman–Crippen MR) is 80.3 cm³/mol. The van der Waals surface area contributed by atoms with Crippen LogP contribution in [-0.2, 0) is 0 Å². The lowest BCUT2D eigenvalue weighted by atomic mass is 10.2. The van der Waals surface area contributed by atoms with E-state index in [0.29, 0.717) is 6.61 Å². The van der Waals surface area contributed by atoms with E-state index in [1.54, 1.807) is 18.9 Å². The van der Waals surface area contributed by atoms with Gasteiger partial charge in [0.1, 0.15) is 6.61 Å². The van der Waals surface area contributed by atoms with Crippen LogP contribution in [0, 0.1) is 0 Å². The minimum Gasteiger partial charge on any atom is -0.493 e. The summed E-state index contributed by atoms with van der Waals surface area (Å²) in [5.74, 6) is 1.50. The van der Waals surface area contributed by atoms with Crippen LogP contribution in [0.4, 0.5) is 0 Å². The molecule has 0 heterocycles. The van der Waals surface area contributed by atoms with Crippen molar-refractivity contribution in [2.45, 2.75) is 18.2 Å². The van der Waals surface area contributed by atoms with Gasteiger partial charge in [0.25, 0.3) is 0 Å². The van der Waals surface area contributed by atoms with Crippen LogP contribution >= 0.6 is 11.8 Å². The van der Waals surface area contributed by atoms with Gasteiger partial charge in [-0.15, -0.1) is 0 Å². The number of thioether (sulfide) groups is 1. The van der Waals surface area contributed by atoms with Gasteiger partial charge in [-0.1, -0.05) is 12.1 Å². The molecule has 0 saturated carbocycles. The van der Waals surface area contributed by atoms with Gasteiger partial charge in [0.15, 0.2) is 11.5 Å². The molecule has 0 aliphatic heterocycles. The molecule has 2 N–H and O–H groups in total. The summed E-state index contributed by atoms with van der Waals surface area (Å²) in [7, 11) is 1.63. The minimum atomic E-state index is 0.183. The lowest BCUT2D eigenvalue weighted by molar-refractivity contribution is 0.261. The van der Waals surface area contributed by atoms with Crippen LogP contribution in [-0.4, -0.2) is 49.5 Å². The van der Waals surface area contributed by atoms with Gasteiger partial charge >= 0.3 is 0 Å². The van der Waals surface area contributed by atoms with Crippen molar-refractivity contribution >= 4 is 11.8 Å². The Morgan fingerprint density at radius 2 is 2.00 bits per heavy atom. The maximum atomic E-state index is 9.19. The van der Waals surface area contributed by atoms with Crippen LogP contribution < -0.4 is 14.8 Å². The van der Waals surface area contributed by atoms with Gasteiger partial charge in [-0.3, -0.25) is 0 Å². The summed E-state index contributed by atoms with van der Waals surface area (Å²) in [5, 5.41) is 12.8. The summed E-state index contributed by atoms with van der Waals surface area (Å²) in [6, 6.07) is 7.85. The Balaban J connectivity index is 2.31. The molecule has 1 rings (SSSR count). The largest absolute Gasteiger partial charge is 0.493 e. The molecule has 0 amide bonds. The van der Waals surface area contributed by atoms with Gasteiger partial charge in [-0.05, 0) is 25.3 Å². The number of ether oxygens (including phenoxy) is 2. The summed E-state index contributed by atoms with van der Waals surface area (Å²) < 4.78 is 10.9. The van der Waals surface area contributed by atoms with Crippen LogP contribution in [0.15, 0.2) is 24.3 Å². The highest BCUT2D eigenvalue weighted by Gasteiger charge is 2.14. The fourth-order valence-electron chi connectivity index (χ4n) is 1.75. The second kappa shape index (κ2) is 9.07. The summed E-state index contributed by atoms with van der Waals surface area (Å²) in [5.41, 5.74) is 0. The molecule has 0 bridgehead atoms. The Bertz CT molecular complexity index is 358. The van der Waals surface area contributed by atoms with E-state index in [1.165, 1.54) is 0 Å². The molecule has 1 aromatic carbocycles. The highest BCUT2D eigenvalue weighted by atomic mass is 32.2. The van der Waals surface area contributed by atoms with Crippen LogP contribution in [0.25, 0.3) is 0 Å². The average Bonchev–Trinajstić information content (AvgIpc) is 2.45. The predicted octanol–water partition coefficient (Wildman–Crippen LogP) is 1.78. The Kier molecular flexibility index (Phi) is 7.70. The van der Waals surface area contributed by atoms with Crippen LogP contribution in [0.1, 0.15) is 6.92 Å². The van der Waals surface area contributed by atoms with E-state index in [4.69, 9.17) is 9.47 Å². The summed E-state index contributed by atoms with van der Waals surface area (Å²) in [4.78, 5) is 0. The van der Waals surface area contributed by atoms with Crippen molar-refractivity contribution in [3.63, 3.8) is 0 Å². The van der Waals surface area contributed by atoms with Crippen molar-refractivity contribution in [3.8, 4) is 11.5 Å². The molecule has 0 fully saturated rings. The molecular weight excluding hydrogens is 262 g/mol. The second-order valence-corrected chi connectivity index (χ2v) is 5.28. The molecular formula is C14H23NO3S. The topological polar surface area (TPSA) is 50.7 Å². The van der Waals surface area contributed by atoms with Crippen LogP contribution in [0.2, 0.25) is 0 Å². The molecule has 0 aliphatic rings. The first kappa shape index (κ1) is 16.1. The molecule has 2 atom stereocenters. The molecule has 5 heteroatoms. The van der Waals surface area contributed by atoms with E-state index in [0.717, 1.165) is 18.0 Å². The van der Waals surface area contributed by atoms with E-state index < -0.39 is 0 Å². The molecule has 2 unspecified atom stereocenters. The van der Waals surface area contributed by atoms with Crippen molar-refractivity contribution in [1.29, 1.82) is 0 Å². The fraction of sp³-hybridized carbons (Fsp3) is 0.571. The molecule has 0 spiro atoms. The summed E-state index contributed by atoms with van der Waals surface area (Å²) in [6.45, 7) is 3.55. The molecule has 0 saturated heterocycles. The minimum absolute atomic E-state index is 0.183. The first-order valence-electron chi connectivity index (χ1n) is 6.35. The standard InChI is InChI=1S/C14H23NO3S/c1-11(14(10-16)19-3)15-8-9-18-13-7-5-4-6-12(13)17-2/h4-7,11,14-16H,8-10H2,1-3H3. The molecule has 19 heavy (non-hydrogen) atoms. The van der Waals surface area contributed by atoms with E-state index in [9.17, 15) is 5.11 Å². The van der Waals surface area contributed by atoms with Gasteiger partial charge < -0.3 is 19.9 Å². The quantitative estimate of drug-likeness (QED) is 0.677. The Morgan fingerprint density at radius 1 is 1.32 bits per heavy atom. The number of para-hydroxylation sites is 2. The van der Waals surface area contributed by atoms with Crippen molar-refractivity contribution in [1.82, 2.24) is 5.32 Å². The normalized spacial score (nSPS) is 13.9. The number of aliphatic hydroxyl groups is 1. The zero-order valence-electron chi connectivity index (χ0n) is 11.8. The van der Waals surface area contributed by atoms with E-state index >= 15 is 0 Å². The molecule has 1 aromatic rings. The van der Waals surface area contributed by atoms with Crippen molar-refractivity contribution in [2.75, 3.05) is 33.1 Å².